The molecule has 2 amide bonds. The molecule has 2 aromatic rings. The molecule has 0 bridgehead atoms. The van der Waals surface area contributed by atoms with E-state index in [1.54, 1.807) is 35.2 Å². The summed E-state index contributed by atoms with van der Waals surface area (Å²) in [7, 11) is 0. The number of hydrogen-bond donors (Lipinski definition) is 1. The van der Waals surface area contributed by atoms with Crippen LogP contribution in [0.1, 0.15) is 24.5 Å². The third-order valence-electron chi connectivity index (χ3n) is 7.90. The number of rotatable bonds is 6. The third kappa shape index (κ3) is 3.89. The maximum atomic E-state index is 14.3. The van der Waals surface area contributed by atoms with E-state index in [2.05, 4.69) is 4.90 Å². The smallest absolute Gasteiger partial charge is 0.296 e. The Morgan fingerprint density at radius 2 is 1.69 bits per heavy atom. The maximum Gasteiger partial charge on any atom is 0.296 e. The van der Waals surface area contributed by atoms with Crippen LogP contribution in [0.2, 0.25) is 0 Å². The molecule has 2 fully saturated rings. The summed E-state index contributed by atoms with van der Waals surface area (Å²) in [6.45, 7) is 6.71. The molecule has 0 radical (unpaired) electrons. The predicted octanol–water partition coefficient (Wildman–Crippen LogP) is 2.12. The molecular formula is C29H31N3O7. The van der Waals surface area contributed by atoms with Crippen LogP contribution in [0.25, 0.3) is 5.76 Å². The van der Waals surface area contributed by atoms with Gasteiger partial charge in [-0.05, 0) is 37.6 Å². The number of Topliss-reactive ketones (excluding diaryl/α,β-unsaturated/α-hetero) is 1. The van der Waals surface area contributed by atoms with Crippen LogP contribution in [0, 0.1) is 0 Å². The van der Waals surface area contributed by atoms with E-state index in [0.29, 0.717) is 68.7 Å². The molecule has 6 rings (SSSR count). The molecule has 1 spiro atoms. The first-order valence-electron chi connectivity index (χ1n) is 13.4. The Labute approximate surface area is 226 Å². The standard InChI is InChI=1S/C29H31N3O7/c1-2-31-21-7-4-3-6-20(21)29(28(31)36)24(25(33)19-8-9-22-23(18-19)39-17-16-38-22)26(34)27(35)32(29)11-5-10-30-12-14-37-15-13-30/h3-4,6-9,18,33H,2,5,10-17H2,1H3/t29-/m1/s1. The minimum absolute atomic E-state index is 0.178. The molecule has 10 nitrogen and oxygen atoms in total. The second-order valence-corrected chi connectivity index (χ2v) is 9.95. The Hall–Kier alpha value is -3.89. The summed E-state index contributed by atoms with van der Waals surface area (Å²) in [5.74, 6) is -1.56. The Morgan fingerprint density at radius 3 is 2.46 bits per heavy atom. The molecule has 2 saturated heterocycles. The van der Waals surface area contributed by atoms with E-state index < -0.39 is 28.9 Å². The zero-order valence-electron chi connectivity index (χ0n) is 21.9. The normalized spacial score (nSPS) is 24.1. The number of aliphatic hydroxyl groups excluding tert-OH is 1. The van der Waals surface area contributed by atoms with Crippen LogP contribution in [0.15, 0.2) is 48.0 Å². The van der Waals surface area contributed by atoms with Crippen molar-refractivity contribution >= 4 is 29.0 Å². The number of anilines is 1. The van der Waals surface area contributed by atoms with Gasteiger partial charge in [-0.15, -0.1) is 0 Å². The number of likely N-dealkylation sites (tertiary alicyclic amines) is 1. The number of benzene rings is 2. The predicted molar refractivity (Wildman–Crippen MR) is 142 cm³/mol. The maximum absolute atomic E-state index is 14.3. The summed E-state index contributed by atoms with van der Waals surface area (Å²) in [5, 5.41) is 11.7. The van der Waals surface area contributed by atoms with Crippen molar-refractivity contribution in [1.82, 2.24) is 9.80 Å². The third-order valence-corrected chi connectivity index (χ3v) is 7.90. The van der Waals surface area contributed by atoms with Gasteiger partial charge < -0.3 is 29.1 Å². The van der Waals surface area contributed by atoms with Crippen molar-refractivity contribution in [2.45, 2.75) is 18.9 Å². The summed E-state index contributed by atoms with van der Waals surface area (Å²) in [6, 6.07) is 12.0. The highest BCUT2D eigenvalue weighted by molar-refractivity contribution is 6.50. The molecule has 10 heteroatoms. The Morgan fingerprint density at radius 1 is 0.949 bits per heavy atom. The number of para-hydroxylation sites is 1. The minimum Gasteiger partial charge on any atom is -0.507 e. The summed E-state index contributed by atoms with van der Waals surface area (Å²) in [5.41, 5.74) is -0.572. The number of likely N-dealkylation sites (N-methyl/N-ethyl adjacent to an activating group) is 1. The average molecular weight is 534 g/mol. The zero-order chi connectivity index (χ0) is 27.1. The van der Waals surface area contributed by atoms with Crippen LogP contribution in [0.4, 0.5) is 5.69 Å². The molecule has 0 aliphatic carbocycles. The van der Waals surface area contributed by atoms with Crippen molar-refractivity contribution in [3.8, 4) is 11.5 Å². The minimum atomic E-state index is -1.76. The van der Waals surface area contributed by atoms with Crippen LogP contribution < -0.4 is 14.4 Å². The fourth-order valence-corrected chi connectivity index (χ4v) is 6.09. The lowest BCUT2D eigenvalue weighted by Gasteiger charge is -2.35. The van der Waals surface area contributed by atoms with E-state index >= 15 is 0 Å². The molecular weight excluding hydrogens is 502 g/mol. The lowest BCUT2D eigenvalue weighted by molar-refractivity contribution is -0.143. The number of ketones is 1. The number of carbonyl (C=O) groups excluding carboxylic acids is 3. The van der Waals surface area contributed by atoms with Gasteiger partial charge in [-0.1, -0.05) is 18.2 Å². The van der Waals surface area contributed by atoms with Gasteiger partial charge in [0.1, 0.15) is 19.0 Å². The number of fused-ring (bicyclic) bond motifs is 3. The highest BCUT2D eigenvalue weighted by atomic mass is 16.6. The molecule has 0 saturated carbocycles. The van der Waals surface area contributed by atoms with Gasteiger partial charge in [0.15, 0.2) is 17.0 Å². The molecule has 1 atom stereocenters. The van der Waals surface area contributed by atoms with E-state index in [0.717, 1.165) is 13.1 Å². The van der Waals surface area contributed by atoms with Crippen molar-refractivity contribution in [3.63, 3.8) is 0 Å². The number of morpholine rings is 1. The molecule has 204 valence electrons. The zero-order valence-corrected chi connectivity index (χ0v) is 21.9. The molecule has 4 aliphatic rings. The monoisotopic (exact) mass is 533 g/mol. The molecule has 1 N–H and O–H groups in total. The lowest BCUT2D eigenvalue weighted by atomic mass is 9.81. The average Bonchev–Trinajstić information content (AvgIpc) is 3.35. The Balaban J connectivity index is 1.48. The molecule has 0 aromatic heterocycles. The summed E-state index contributed by atoms with van der Waals surface area (Å²) >= 11 is 0. The van der Waals surface area contributed by atoms with Crippen molar-refractivity contribution in [1.29, 1.82) is 0 Å². The van der Waals surface area contributed by atoms with Gasteiger partial charge in [0.2, 0.25) is 0 Å². The largest absolute Gasteiger partial charge is 0.507 e. The second kappa shape index (κ2) is 10.0. The lowest BCUT2D eigenvalue weighted by Crippen LogP contribution is -2.52. The van der Waals surface area contributed by atoms with Crippen LogP contribution in [-0.4, -0.2) is 91.7 Å². The van der Waals surface area contributed by atoms with Gasteiger partial charge in [0.05, 0.1) is 24.5 Å². The quantitative estimate of drug-likeness (QED) is 0.342. The SMILES string of the molecule is CCN1C(=O)[C@]2(C(=C(O)c3ccc4c(c3)OCCO4)C(=O)C(=O)N2CCCN2CCOCC2)c2ccccc21. The van der Waals surface area contributed by atoms with Crippen LogP contribution in [-0.2, 0) is 24.7 Å². The number of hydrogen-bond acceptors (Lipinski definition) is 8. The van der Waals surface area contributed by atoms with E-state index in [9.17, 15) is 19.5 Å². The number of amides is 2. The molecule has 0 unspecified atom stereocenters. The topological polar surface area (TPSA) is 109 Å². The highest BCUT2D eigenvalue weighted by Crippen LogP contribution is 2.53. The van der Waals surface area contributed by atoms with Gasteiger partial charge in [-0.2, -0.15) is 0 Å². The Bertz CT molecular complexity index is 1370. The van der Waals surface area contributed by atoms with Crippen molar-refractivity contribution in [2.24, 2.45) is 0 Å². The van der Waals surface area contributed by atoms with E-state index in [4.69, 9.17) is 14.2 Å². The fourth-order valence-electron chi connectivity index (χ4n) is 6.09. The molecule has 4 aliphatic heterocycles. The van der Waals surface area contributed by atoms with Crippen LogP contribution in [0.5, 0.6) is 11.5 Å². The van der Waals surface area contributed by atoms with E-state index in [1.807, 2.05) is 19.1 Å². The summed E-state index contributed by atoms with van der Waals surface area (Å²) in [6.07, 6.45) is 0.556. The number of nitrogens with zero attached hydrogens (tertiary/aromatic N) is 3. The second-order valence-electron chi connectivity index (χ2n) is 9.95. The van der Waals surface area contributed by atoms with Crippen molar-refractivity contribution in [3.05, 3.63) is 59.2 Å². The van der Waals surface area contributed by atoms with Gasteiger partial charge in [0, 0.05) is 43.9 Å². The van der Waals surface area contributed by atoms with E-state index in [1.165, 1.54) is 4.90 Å². The fraction of sp³-hybridized carbons (Fsp3) is 0.414. The van der Waals surface area contributed by atoms with Crippen LogP contribution in [0.3, 0.4) is 0 Å². The first-order chi connectivity index (χ1) is 19.0. The first-order valence-corrected chi connectivity index (χ1v) is 13.4. The highest BCUT2D eigenvalue weighted by Gasteiger charge is 2.66. The molecule has 2 aromatic carbocycles. The van der Waals surface area contributed by atoms with E-state index in [-0.39, 0.29) is 17.7 Å². The van der Waals surface area contributed by atoms with Gasteiger partial charge in [0.25, 0.3) is 17.6 Å². The number of ether oxygens (including phenoxy) is 3. The summed E-state index contributed by atoms with van der Waals surface area (Å²) in [4.78, 5) is 46.9. The van der Waals surface area contributed by atoms with Crippen molar-refractivity contribution in [2.75, 3.05) is 64.1 Å². The molecule has 4 heterocycles. The van der Waals surface area contributed by atoms with Gasteiger partial charge in [-0.25, -0.2) is 0 Å². The molecule has 39 heavy (non-hydrogen) atoms. The van der Waals surface area contributed by atoms with Crippen LogP contribution >= 0.6 is 0 Å². The van der Waals surface area contributed by atoms with Gasteiger partial charge in [-0.3, -0.25) is 19.3 Å². The number of aliphatic hydroxyl groups is 1. The number of carbonyl (C=O) groups is 3. The summed E-state index contributed by atoms with van der Waals surface area (Å²) < 4.78 is 16.7. The van der Waals surface area contributed by atoms with Gasteiger partial charge >= 0.3 is 0 Å². The van der Waals surface area contributed by atoms with Crippen molar-refractivity contribution < 1.29 is 33.7 Å². The first kappa shape index (κ1) is 25.4. The Kier molecular flexibility index (Phi) is 6.52.